The number of nitrogens with zero attached hydrogens (tertiary/aromatic N) is 3. The maximum atomic E-state index is 11.1. The standard InChI is InChI=1S/C19H28N4O2/c1-5-22(10-8-14(2)3)13-17-15(4)20-18-12-16(9-11-23(17)18)6-7-19(24)21-25/h6-7,9,11-12,14,25H,5,8,10,13H2,1-4H3,(H,21,24)/b7-6+. The molecule has 0 atom stereocenters. The molecule has 0 saturated heterocycles. The van der Waals surface area contributed by atoms with Gasteiger partial charge in [0.25, 0.3) is 5.91 Å². The summed E-state index contributed by atoms with van der Waals surface area (Å²) in [6.07, 6.45) is 6.10. The predicted molar refractivity (Wildman–Crippen MR) is 99.3 cm³/mol. The predicted octanol–water partition coefficient (Wildman–Crippen LogP) is 3.03. The molecule has 0 aliphatic rings. The topological polar surface area (TPSA) is 69.9 Å². The van der Waals surface area contributed by atoms with Gasteiger partial charge >= 0.3 is 0 Å². The summed E-state index contributed by atoms with van der Waals surface area (Å²) in [5.41, 5.74) is 5.53. The quantitative estimate of drug-likeness (QED) is 0.439. The van der Waals surface area contributed by atoms with Crippen molar-refractivity contribution in [3.05, 3.63) is 41.4 Å². The number of carbonyl (C=O) groups is 1. The summed E-state index contributed by atoms with van der Waals surface area (Å²) in [4.78, 5) is 18.2. The fourth-order valence-electron chi connectivity index (χ4n) is 2.73. The van der Waals surface area contributed by atoms with Crippen LogP contribution in [0.25, 0.3) is 11.7 Å². The van der Waals surface area contributed by atoms with E-state index in [4.69, 9.17) is 5.21 Å². The zero-order valence-corrected chi connectivity index (χ0v) is 15.5. The Hall–Kier alpha value is -2.18. The number of hydrogen-bond donors (Lipinski definition) is 2. The number of imidazole rings is 1. The summed E-state index contributed by atoms with van der Waals surface area (Å²) in [6, 6.07) is 3.87. The fraction of sp³-hybridized carbons (Fsp3) is 0.474. The molecule has 0 aliphatic carbocycles. The fourth-order valence-corrected chi connectivity index (χ4v) is 2.73. The van der Waals surface area contributed by atoms with E-state index in [1.807, 2.05) is 25.3 Å². The van der Waals surface area contributed by atoms with Crippen molar-refractivity contribution in [1.82, 2.24) is 19.8 Å². The molecule has 0 radical (unpaired) electrons. The summed E-state index contributed by atoms with van der Waals surface area (Å²) >= 11 is 0. The summed E-state index contributed by atoms with van der Waals surface area (Å²) in [6.45, 7) is 11.7. The van der Waals surface area contributed by atoms with Crippen molar-refractivity contribution in [3.63, 3.8) is 0 Å². The third-order valence-corrected chi connectivity index (χ3v) is 4.33. The molecule has 2 rings (SSSR count). The molecule has 1 amide bonds. The molecule has 2 aromatic heterocycles. The van der Waals surface area contributed by atoms with E-state index in [1.54, 1.807) is 11.6 Å². The van der Waals surface area contributed by atoms with Crippen LogP contribution in [0, 0.1) is 12.8 Å². The number of carbonyl (C=O) groups excluding carboxylic acids is 1. The summed E-state index contributed by atoms with van der Waals surface area (Å²) < 4.78 is 2.11. The molecule has 0 unspecified atom stereocenters. The highest BCUT2D eigenvalue weighted by atomic mass is 16.5. The van der Waals surface area contributed by atoms with Gasteiger partial charge in [0.2, 0.25) is 0 Å². The second-order valence-corrected chi connectivity index (χ2v) is 6.69. The lowest BCUT2D eigenvalue weighted by molar-refractivity contribution is -0.124. The molecule has 0 fully saturated rings. The highest BCUT2D eigenvalue weighted by molar-refractivity contribution is 5.90. The van der Waals surface area contributed by atoms with Crippen LogP contribution in [-0.2, 0) is 11.3 Å². The molecule has 0 spiro atoms. The van der Waals surface area contributed by atoms with E-state index < -0.39 is 5.91 Å². The summed E-state index contributed by atoms with van der Waals surface area (Å²) in [5, 5.41) is 8.54. The Kier molecular flexibility index (Phi) is 6.73. The first kappa shape index (κ1) is 19.1. The van der Waals surface area contributed by atoms with Crippen LogP contribution in [0.3, 0.4) is 0 Å². The van der Waals surface area contributed by atoms with Gasteiger partial charge < -0.3 is 4.40 Å². The van der Waals surface area contributed by atoms with E-state index in [9.17, 15) is 4.79 Å². The maximum Gasteiger partial charge on any atom is 0.267 e. The van der Waals surface area contributed by atoms with Gasteiger partial charge in [-0.1, -0.05) is 20.8 Å². The molecular formula is C19H28N4O2. The van der Waals surface area contributed by atoms with Crippen LogP contribution in [0.1, 0.15) is 44.1 Å². The zero-order chi connectivity index (χ0) is 18.4. The van der Waals surface area contributed by atoms with E-state index in [1.165, 1.54) is 18.2 Å². The van der Waals surface area contributed by atoms with E-state index in [0.29, 0.717) is 5.92 Å². The Balaban J connectivity index is 2.22. The minimum Gasteiger partial charge on any atom is -0.302 e. The van der Waals surface area contributed by atoms with Crippen molar-refractivity contribution in [1.29, 1.82) is 0 Å². The second kappa shape index (κ2) is 8.78. The first-order chi connectivity index (χ1) is 11.9. The van der Waals surface area contributed by atoms with E-state index >= 15 is 0 Å². The first-order valence-electron chi connectivity index (χ1n) is 8.76. The lowest BCUT2D eigenvalue weighted by Crippen LogP contribution is -2.26. The second-order valence-electron chi connectivity index (χ2n) is 6.69. The van der Waals surface area contributed by atoms with Gasteiger partial charge in [-0.25, -0.2) is 10.5 Å². The van der Waals surface area contributed by atoms with Crippen molar-refractivity contribution in [2.45, 2.75) is 40.7 Å². The van der Waals surface area contributed by atoms with E-state index in [-0.39, 0.29) is 0 Å². The lowest BCUT2D eigenvalue weighted by Gasteiger charge is -2.21. The van der Waals surface area contributed by atoms with Crippen LogP contribution in [0.2, 0.25) is 0 Å². The molecule has 0 aliphatic heterocycles. The number of fused-ring (bicyclic) bond motifs is 1. The molecular weight excluding hydrogens is 316 g/mol. The third-order valence-electron chi connectivity index (χ3n) is 4.33. The number of pyridine rings is 1. The largest absolute Gasteiger partial charge is 0.302 e. The third kappa shape index (κ3) is 5.14. The van der Waals surface area contributed by atoms with Crippen LogP contribution < -0.4 is 5.48 Å². The molecule has 2 N–H and O–H groups in total. The Bertz CT molecular complexity index is 749. The van der Waals surface area contributed by atoms with Gasteiger partial charge in [-0.15, -0.1) is 0 Å². The van der Waals surface area contributed by atoms with Gasteiger partial charge in [0, 0.05) is 18.8 Å². The van der Waals surface area contributed by atoms with Crippen LogP contribution in [0.15, 0.2) is 24.4 Å². The lowest BCUT2D eigenvalue weighted by atomic mass is 10.1. The van der Waals surface area contributed by atoms with Crippen molar-refractivity contribution in [3.8, 4) is 0 Å². The number of nitrogens with one attached hydrogen (secondary N) is 1. The highest BCUT2D eigenvalue weighted by Gasteiger charge is 2.13. The van der Waals surface area contributed by atoms with Gasteiger partial charge in [0.1, 0.15) is 5.65 Å². The minimum atomic E-state index is -0.552. The number of rotatable bonds is 8. The molecule has 2 heterocycles. The number of aryl methyl sites for hydroxylation is 1. The number of hydroxylamine groups is 1. The van der Waals surface area contributed by atoms with Crippen LogP contribution >= 0.6 is 0 Å². The molecule has 0 saturated carbocycles. The molecule has 25 heavy (non-hydrogen) atoms. The molecule has 0 bridgehead atoms. The molecule has 2 aromatic rings. The number of amides is 1. The Labute approximate surface area is 149 Å². The highest BCUT2D eigenvalue weighted by Crippen LogP contribution is 2.17. The number of hydrogen-bond acceptors (Lipinski definition) is 4. The zero-order valence-electron chi connectivity index (χ0n) is 15.5. The Morgan fingerprint density at radius 1 is 1.48 bits per heavy atom. The Morgan fingerprint density at radius 3 is 2.88 bits per heavy atom. The number of aromatic nitrogens is 2. The van der Waals surface area contributed by atoms with Gasteiger partial charge in [-0.05, 0) is 56.1 Å². The van der Waals surface area contributed by atoms with Gasteiger partial charge in [-0.3, -0.25) is 14.9 Å². The van der Waals surface area contributed by atoms with Gasteiger partial charge in [-0.2, -0.15) is 0 Å². The van der Waals surface area contributed by atoms with E-state index in [2.05, 4.69) is 35.1 Å². The van der Waals surface area contributed by atoms with Crippen molar-refractivity contribution in [2.75, 3.05) is 13.1 Å². The van der Waals surface area contributed by atoms with Crippen molar-refractivity contribution >= 4 is 17.6 Å². The van der Waals surface area contributed by atoms with Gasteiger partial charge in [0.15, 0.2) is 0 Å². The molecule has 136 valence electrons. The minimum absolute atomic E-state index is 0.552. The monoisotopic (exact) mass is 344 g/mol. The Morgan fingerprint density at radius 2 is 2.24 bits per heavy atom. The normalized spacial score (nSPS) is 12.0. The van der Waals surface area contributed by atoms with Crippen LogP contribution in [0.4, 0.5) is 0 Å². The molecule has 0 aromatic carbocycles. The van der Waals surface area contributed by atoms with Crippen LogP contribution in [-0.4, -0.2) is 38.5 Å². The van der Waals surface area contributed by atoms with Crippen LogP contribution in [0.5, 0.6) is 0 Å². The molecule has 6 heteroatoms. The average Bonchev–Trinajstić information content (AvgIpc) is 2.90. The van der Waals surface area contributed by atoms with E-state index in [0.717, 1.165) is 36.5 Å². The van der Waals surface area contributed by atoms with Crippen molar-refractivity contribution in [2.24, 2.45) is 5.92 Å². The maximum absolute atomic E-state index is 11.1. The van der Waals surface area contributed by atoms with Gasteiger partial charge in [0.05, 0.1) is 11.4 Å². The average molecular weight is 344 g/mol. The summed E-state index contributed by atoms with van der Waals surface area (Å²) in [5.74, 6) is 0.145. The smallest absolute Gasteiger partial charge is 0.267 e. The van der Waals surface area contributed by atoms with Crippen molar-refractivity contribution < 1.29 is 10.0 Å². The summed E-state index contributed by atoms with van der Waals surface area (Å²) in [7, 11) is 0. The molecule has 6 nitrogen and oxygen atoms in total. The SMILES string of the molecule is CCN(CCC(C)C)Cc1c(C)nc2cc(/C=C/C(=O)NO)ccn12. The first-order valence-corrected chi connectivity index (χ1v) is 8.76.